The molecule has 2 rings (SSSR count). The van der Waals surface area contributed by atoms with E-state index in [2.05, 4.69) is 18.2 Å². The molecule has 2 heterocycles. The molecule has 15 heavy (non-hydrogen) atoms. The Labute approximate surface area is 90.3 Å². The minimum Gasteiger partial charge on any atom is -0.481 e. The summed E-state index contributed by atoms with van der Waals surface area (Å²) in [6, 6.07) is 0. The van der Waals surface area contributed by atoms with Crippen molar-refractivity contribution in [3.63, 3.8) is 0 Å². The number of hydrogen-bond donors (Lipinski definition) is 2. The van der Waals surface area contributed by atoms with Gasteiger partial charge in [0, 0.05) is 6.92 Å². The number of aliphatic hydroxyl groups excluding tert-OH is 1. The van der Waals surface area contributed by atoms with Crippen LogP contribution in [-0.4, -0.2) is 48.7 Å². The molecule has 1 atom stereocenters. The number of hydrogen-bond acceptors (Lipinski definition) is 4. The molecule has 0 aliphatic carbocycles. The molecular weight excluding hydrogens is 200 g/mol. The predicted molar refractivity (Wildman–Crippen MR) is 56.8 cm³/mol. The maximum atomic E-state index is 9.00. The quantitative estimate of drug-likeness (QED) is 0.501. The van der Waals surface area contributed by atoms with Crippen LogP contribution in [0.2, 0.25) is 0 Å². The van der Waals surface area contributed by atoms with E-state index in [1.807, 2.05) is 0 Å². The molecule has 5 nitrogen and oxygen atoms in total. The van der Waals surface area contributed by atoms with Crippen molar-refractivity contribution in [3.05, 3.63) is 12.7 Å². The third-order valence-electron chi connectivity index (χ3n) is 0.833. The van der Waals surface area contributed by atoms with Gasteiger partial charge in [-0.3, -0.25) is 4.79 Å². The number of aliphatic carboxylic acids is 1. The van der Waals surface area contributed by atoms with Gasteiger partial charge in [0.15, 0.2) is 0 Å². The number of ether oxygens (including phenoxy) is 2. The van der Waals surface area contributed by atoms with Crippen molar-refractivity contribution in [1.29, 1.82) is 0 Å². The lowest BCUT2D eigenvalue weighted by atomic mass is 10.6. The zero-order valence-corrected chi connectivity index (χ0v) is 9.31. The molecule has 0 radical (unpaired) electrons. The van der Waals surface area contributed by atoms with E-state index in [0.717, 1.165) is 26.7 Å². The van der Waals surface area contributed by atoms with Gasteiger partial charge in [0.05, 0.1) is 32.5 Å². The summed E-state index contributed by atoms with van der Waals surface area (Å²) in [6.07, 6.45) is 2.01. The van der Waals surface area contributed by atoms with Gasteiger partial charge in [-0.2, -0.15) is 0 Å². The van der Waals surface area contributed by atoms with Gasteiger partial charge in [-0.25, -0.2) is 0 Å². The summed E-state index contributed by atoms with van der Waals surface area (Å²) in [6.45, 7) is 9.44. The zero-order valence-electron chi connectivity index (χ0n) is 9.31. The topological polar surface area (TPSA) is 82.6 Å². The maximum absolute atomic E-state index is 9.00. The third kappa shape index (κ3) is 96.2. The molecule has 5 heteroatoms. The Morgan fingerprint density at radius 3 is 1.80 bits per heavy atom. The first-order valence-electron chi connectivity index (χ1n) is 4.65. The summed E-state index contributed by atoms with van der Waals surface area (Å²) >= 11 is 0. The lowest BCUT2D eigenvalue weighted by Crippen LogP contribution is -1.78. The Balaban J connectivity index is 0. The molecule has 0 aromatic carbocycles. The summed E-state index contributed by atoms with van der Waals surface area (Å²) < 4.78 is 9.21. The molecule has 2 fully saturated rings. The standard InChI is InChI=1S/2C3H6O.C2H4O2.C2H4O/c1-3-2-4-3;1-2-3-4;1-2(3)4;1-2-3-1/h3H,2H2,1H3;2,4H,1,3H2;1H3,(H,3,4);1-2H2. The number of rotatable bonds is 1. The SMILES string of the molecule is C1CO1.C=CCO.CC(=O)O.CC1CO1. The molecule has 90 valence electrons. The number of carboxylic acids is 1. The Morgan fingerprint density at radius 1 is 1.60 bits per heavy atom. The van der Waals surface area contributed by atoms with Crippen LogP contribution < -0.4 is 0 Å². The van der Waals surface area contributed by atoms with Crippen LogP contribution in [0.25, 0.3) is 0 Å². The Morgan fingerprint density at radius 2 is 1.80 bits per heavy atom. The maximum Gasteiger partial charge on any atom is 0.300 e. The Hall–Kier alpha value is -0.910. The number of aliphatic hydroxyl groups is 1. The van der Waals surface area contributed by atoms with Gasteiger partial charge in [0.1, 0.15) is 0 Å². The predicted octanol–water partition coefficient (Wildman–Crippen LogP) is 0.677. The normalized spacial score (nSPS) is 18.7. The van der Waals surface area contributed by atoms with Crippen LogP contribution in [0.3, 0.4) is 0 Å². The minimum absolute atomic E-state index is 0.0833. The molecule has 0 aromatic rings. The summed E-state index contributed by atoms with van der Waals surface area (Å²) in [4.78, 5) is 9.00. The van der Waals surface area contributed by atoms with Crippen molar-refractivity contribution in [2.45, 2.75) is 20.0 Å². The summed E-state index contributed by atoms with van der Waals surface area (Å²) in [5.74, 6) is -0.833. The molecule has 2 aliphatic rings. The highest BCUT2D eigenvalue weighted by Crippen LogP contribution is 2.04. The molecule has 1 unspecified atom stereocenters. The largest absolute Gasteiger partial charge is 0.481 e. The lowest BCUT2D eigenvalue weighted by molar-refractivity contribution is -0.134. The van der Waals surface area contributed by atoms with E-state index in [9.17, 15) is 0 Å². The average Bonchev–Trinajstić information content (AvgIpc) is 2.97. The molecular formula is C10H20O5. The van der Waals surface area contributed by atoms with Crippen LogP contribution in [0.4, 0.5) is 0 Å². The van der Waals surface area contributed by atoms with E-state index < -0.39 is 5.97 Å². The molecule has 0 bridgehead atoms. The fourth-order valence-corrected chi connectivity index (χ4v) is 0.0962. The summed E-state index contributed by atoms with van der Waals surface area (Å²) in [7, 11) is 0. The molecule has 0 spiro atoms. The molecule has 2 N–H and O–H groups in total. The third-order valence-corrected chi connectivity index (χ3v) is 0.833. The Kier molecular flexibility index (Phi) is 14.4. The first-order valence-corrected chi connectivity index (χ1v) is 4.65. The smallest absolute Gasteiger partial charge is 0.300 e. The fourth-order valence-electron chi connectivity index (χ4n) is 0.0962. The van der Waals surface area contributed by atoms with Crippen molar-refractivity contribution >= 4 is 5.97 Å². The van der Waals surface area contributed by atoms with Crippen molar-refractivity contribution in [2.75, 3.05) is 26.4 Å². The van der Waals surface area contributed by atoms with E-state index in [1.54, 1.807) is 0 Å². The lowest BCUT2D eigenvalue weighted by Gasteiger charge is -1.60. The minimum atomic E-state index is -0.833. The van der Waals surface area contributed by atoms with Crippen LogP contribution in [-0.2, 0) is 14.3 Å². The van der Waals surface area contributed by atoms with Gasteiger partial charge >= 0.3 is 0 Å². The first kappa shape index (κ1) is 16.5. The van der Waals surface area contributed by atoms with Gasteiger partial charge < -0.3 is 19.7 Å². The second-order valence-corrected chi connectivity index (χ2v) is 2.75. The van der Waals surface area contributed by atoms with E-state index >= 15 is 0 Å². The zero-order chi connectivity index (χ0) is 12.1. The van der Waals surface area contributed by atoms with Gasteiger partial charge in [-0.15, -0.1) is 6.58 Å². The van der Waals surface area contributed by atoms with Crippen LogP contribution in [0.1, 0.15) is 13.8 Å². The second-order valence-electron chi connectivity index (χ2n) is 2.75. The molecule has 0 amide bonds. The van der Waals surface area contributed by atoms with Gasteiger partial charge in [-0.1, -0.05) is 6.08 Å². The molecule has 0 saturated carbocycles. The average molecular weight is 220 g/mol. The van der Waals surface area contributed by atoms with Crippen molar-refractivity contribution < 1.29 is 24.5 Å². The van der Waals surface area contributed by atoms with Crippen LogP contribution in [0.15, 0.2) is 12.7 Å². The van der Waals surface area contributed by atoms with Gasteiger partial charge in [0.25, 0.3) is 5.97 Å². The molecule has 2 saturated heterocycles. The highest BCUT2D eigenvalue weighted by atomic mass is 16.6. The highest BCUT2D eigenvalue weighted by molar-refractivity contribution is 5.62. The van der Waals surface area contributed by atoms with Crippen molar-refractivity contribution in [1.82, 2.24) is 0 Å². The summed E-state index contributed by atoms with van der Waals surface area (Å²) in [5.41, 5.74) is 0. The van der Waals surface area contributed by atoms with E-state index in [0.29, 0.717) is 6.10 Å². The Bertz CT molecular complexity index is 145. The van der Waals surface area contributed by atoms with Crippen molar-refractivity contribution in [3.8, 4) is 0 Å². The van der Waals surface area contributed by atoms with E-state index in [1.165, 1.54) is 6.08 Å². The van der Waals surface area contributed by atoms with Crippen LogP contribution in [0, 0.1) is 0 Å². The van der Waals surface area contributed by atoms with Crippen LogP contribution in [0.5, 0.6) is 0 Å². The van der Waals surface area contributed by atoms with E-state index in [4.69, 9.17) is 19.7 Å². The first-order chi connectivity index (χ1) is 7.04. The molecule has 0 aromatic heterocycles. The van der Waals surface area contributed by atoms with E-state index in [-0.39, 0.29) is 6.61 Å². The number of carboxylic acid groups (broad SMARTS) is 1. The summed E-state index contributed by atoms with van der Waals surface area (Å²) in [5, 5.41) is 15.2. The highest BCUT2D eigenvalue weighted by Gasteiger charge is 2.13. The van der Waals surface area contributed by atoms with Crippen LogP contribution >= 0.6 is 0 Å². The fraction of sp³-hybridized carbons (Fsp3) is 0.700. The second kappa shape index (κ2) is 13.1. The van der Waals surface area contributed by atoms with Gasteiger partial charge in [-0.05, 0) is 6.92 Å². The van der Waals surface area contributed by atoms with Gasteiger partial charge in [0.2, 0.25) is 0 Å². The van der Waals surface area contributed by atoms with Crippen molar-refractivity contribution in [2.24, 2.45) is 0 Å². The molecule has 2 aliphatic heterocycles. The number of epoxide rings is 2. The number of carbonyl (C=O) groups is 1. The monoisotopic (exact) mass is 220 g/mol.